The van der Waals surface area contributed by atoms with Gasteiger partial charge in [0.25, 0.3) is 0 Å². The van der Waals surface area contributed by atoms with Crippen molar-refractivity contribution in [2.24, 2.45) is 0 Å². The van der Waals surface area contributed by atoms with E-state index < -0.39 is 34.5 Å². The summed E-state index contributed by atoms with van der Waals surface area (Å²) >= 11 is 0. The number of carboxylic acid groups (broad SMARTS) is 1. The van der Waals surface area contributed by atoms with Crippen molar-refractivity contribution in [3.05, 3.63) is 34.6 Å². The van der Waals surface area contributed by atoms with E-state index in [1.807, 2.05) is 0 Å². The van der Waals surface area contributed by atoms with Gasteiger partial charge in [-0.1, -0.05) is 0 Å². The van der Waals surface area contributed by atoms with Crippen molar-refractivity contribution in [3.8, 4) is 0 Å². The van der Waals surface area contributed by atoms with Crippen LogP contribution in [0.1, 0.15) is 15.9 Å². The maximum Gasteiger partial charge on any atom is 0.341 e. The Morgan fingerprint density at radius 2 is 1.85 bits per heavy atom. The minimum absolute atomic E-state index is 0.349. The van der Waals surface area contributed by atoms with Gasteiger partial charge in [0, 0.05) is 11.6 Å². The third-order valence-electron chi connectivity index (χ3n) is 1.61. The highest BCUT2D eigenvalue weighted by atomic mass is 19.1. The van der Waals surface area contributed by atoms with Gasteiger partial charge in [-0.2, -0.15) is 0 Å². The summed E-state index contributed by atoms with van der Waals surface area (Å²) in [4.78, 5) is 10.3. The number of hydrogen-bond acceptors (Lipinski definition) is 1. The fourth-order valence-electron chi connectivity index (χ4n) is 0.885. The lowest BCUT2D eigenvalue weighted by atomic mass is 10.1. The topological polar surface area (TPSA) is 37.3 Å². The Bertz CT molecular complexity index is 374. The molecule has 2 nitrogen and oxygen atoms in total. The molecular weight excluding hydrogens is 185 g/mol. The predicted molar refractivity (Wildman–Crippen MR) is 38.0 cm³/mol. The summed E-state index contributed by atoms with van der Waals surface area (Å²) in [5, 5.41) is 8.36. The van der Waals surface area contributed by atoms with Gasteiger partial charge in [0.05, 0.1) is 0 Å². The lowest BCUT2D eigenvalue weighted by molar-refractivity contribution is 0.0686. The second kappa shape index (κ2) is 3.08. The Morgan fingerprint density at radius 1 is 1.31 bits per heavy atom. The molecule has 0 saturated heterocycles. The van der Waals surface area contributed by atoms with E-state index in [4.69, 9.17) is 5.11 Å². The average Bonchev–Trinajstić information content (AvgIpc) is 1.99. The van der Waals surface area contributed by atoms with Crippen LogP contribution in [0.5, 0.6) is 0 Å². The molecule has 0 atom stereocenters. The molecule has 0 radical (unpaired) electrons. The van der Waals surface area contributed by atoms with E-state index in [1.165, 1.54) is 0 Å². The van der Waals surface area contributed by atoms with Gasteiger partial charge < -0.3 is 5.11 Å². The van der Waals surface area contributed by atoms with Crippen LogP contribution in [0, 0.1) is 24.4 Å². The summed E-state index contributed by atoms with van der Waals surface area (Å²) in [6.07, 6.45) is 0. The van der Waals surface area contributed by atoms with Crippen molar-refractivity contribution in [1.29, 1.82) is 0 Å². The van der Waals surface area contributed by atoms with Gasteiger partial charge in [-0.3, -0.25) is 0 Å². The molecule has 70 valence electrons. The highest BCUT2D eigenvalue weighted by Crippen LogP contribution is 2.19. The number of halogens is 3. The number of aromatic carboxylic acids is 1. The molecule has 0 fully saturated rings. The zero-order valence-electron chi connectivity index (χ0n) is 6.57. The summed E-state index contributed by atoms with van der Waals surface area (Å²) in [6, 6.07) is 0.349. The Hall–Kier alpha value is -1.52. The second-order valence-corrected chi connectivity index (χ2v) is 2.46. The van der Waals surface area contributed by atoms with Crippen molar-refractivity contribution in [1.82, 2.24) is 0 Å². The van der Waals surface area contributed by atoms with Crippen LogP contribution in [0.4, 0.5) is 13.2 Å². The third-order valence-corrected chi connectivity index (χ3v) is 1.61. The van der Waals surface area contributed by atoms with E-state index in [2.05, 4.69) is 0 Å². The van der Waals surface area contributed by atoms with Crippen molar-refractivity contribution in [2.45, 2.75) is 6.92 Å². The van der Waals surface area contributed by atoms with E-state index >= 15 is 0 Å². The minimum Gasteiger partial charge on any atom is -0.477 e. The second-order valence-electron chi connectivity index (χ2n) is 2.46. The summed E-state index contributed by atoms with van der Waals surface area (Å²) in [5.74, 6) is -5.63. The summed E-state index contributed by atoms with van der Waals surface area (Å²) < 4.78 is 38.2. The molecule has 1 aromatic rings. The molecular formula is C8H5F3O2. The van der Waals surface area contributed by atoms with Crippen LogP contribution in [0.2, 0.25) is 0 Å². The standard InChI is InChI=1S/C8H5F3O2/c1-3-4(9)2-5(10)6(7(3)11)8(12)13/h2H,1H3,(H,12,13). The molecule has 0 saturated carbocycles. The van der Waals surface area contributed by atoms with Gasteiger partial charge in [0.15, 0.2) is 0 Å². The number of hydrogen-bond donors (Lipinski definition) is 1. The van der Waals surface area contributed by atoms with Crippen molar-refractivity contribution < 1.29 is 23.1 Å². The molecule has 1 aromatic carbocycles. The van der Waals surface area contributed by atoms with Crippen LogP contribution in [0.3, 0.4) is 0 Å². The molecule has 0 spiro atoms. The first-order valence-electron chi connectivity index (χ1n) is 3.32. The molecule has 0 aromatic heterocycles. The largest absolute Gasteiger partial charge is 0.477 e. The quantitative estimate of drug-likeness (QED) is 0.736. The fraction of sp³-hybridized carbons (Fsp3) is 0.125. The van der Waals surface area contributed by atoms with Gasteiger partial charge in [-0.25, -0.2) is 18.0 Å². The molecule has 5 heteroatoms. The molecule has 1 N–H and O–H groups in total. The van der Waals surface area contributed by atoms with Crippen LogP contribution in [-0.4, -0.2) is 11.1 Å². The summed E-state index contributed by atoms with van der Waals surface area (Å²) in [6.45, 7) is 1.04. The van der Waals surface area contributed by atoms with Crippen LogP contribution in [0.15, 0.2) is 6.07 Å². The van der Waals surface area contributed by atoms with Crippen molar-refractivity contribution in [3.63, 3.8) is 0 Å². The molecule has 0 aliphatic heterocycles. The Balaban J connectivity index is 3.53. The highest BCUT2D eigenvalue weighted by Gasteiger charge is 2.20. The van der Waals surface area contributed by atoms with Crippen LogP contribution >= 0.6 is 0 Å². The van der Waals surface area contributed by atoms with Crippen molar-refractivity contribution >= 4 is 5.97 Å². The van der Waals surface area contributed by atoms with Crippen LogP contribution in [-0.2, 0) is 0 Å². The van der Waals surface area contributed by atoms with Gasteiger partial charge >= 0.3 is 5.97 Å². The Labute approximate surface area is 71.6 Å². The lowest BCUT2D eigenvalue weighted by Gasteiger charge is -2.03. The fourth-order valence-corrected chi connectivity index (χ4v) is 0.885. The average molecular weight is 190 g/mol. The minimum atomic E-state index is -1.75. The molecule has 0 bridgehead atoms. The van der Waals surface area contributed by atoms with Gasteiger partial charge in [0.1, 0.15) is 23.0 Å². The zero-order valence-corrected chi connectivity index (χ0v) is 6.57. The lowest BCUT2D eigenvalue weighted by Crippen LogP contribution is -2.07. The molecule has 0 amide bonds. The van der Waals surface area contributed by atoms with Crippen LogP contribution in [0.25, 0.3) is 0 Å². The monoisotopic (exact) mass is 190 g/mol. The predicted octanol–water partition coefficient (Wildman–Crippen LogP) is 2.11. The zero-order chi connectivity index (χ0) is 10.2. The van der Waals surface area contributed by atoms with Crippen molar-refractivity contribution in [2.75, 3.05) is 0 Å². The number of carboxylic acids is 1. The first-order valence-corrected chi connectivity index (χ1v) is 3.32. The van der Waals surface area contributed by atoms with E-state index in [1.54, 1.807) is 0 Å². The molecule has 0 heterocycles. The molecule has 0 unspecified atom stereocenters. The Kier molecular flexibility index (Phi) is 2.27. The number of carbonyl (C=O) groups is 1. The van der Waals surface area contributed by atoms with Gasteiger partial charge in [-0.05, 0) is 6.92 Å². The number of benzene rings is 1. The van der Waals surface area contributed by atoms with E-state index in [0.29, 0.717) is 6.07 Å². The summed E-state index contributed by atoms with van der Waals surface area (Å²) in [5.41, 5.74) is -1.63. The normalized spacial score (nSPS) is 10.2. The first-order chi connectivity index (χ1) is 5.95. The highest BCUT2D eigenvalue weighted by molar-refractivity contribution is 5.88. The van der Waals surface area contributed by atoms with E-state index in [-0.39, 0.29) is 0 Å². The van der Waals surface area contributed by atoms with E-state index in [0.717, 1.165) is 6.92 Å². The van der Waals surface area contributed by atoms with Gasteiger partial charge in [0.2, 0.25) is 0 Å². The van der Waals surface area contributed by atoms with Gasteiger partial charge in [-0.15, -0.1) is 0 Å². The molecule has 0 aliphatic carbocycles. The molecule has 1 rings (SSSR count). The Morgan fingerprint density at radius 3 is 2.31 bits per heavy atom. The SMILES string of the molecule is Cc1c(F)cc(F)c(C(=O)O)c1F. The molecule has 0 aliphatic rings. The van der Waals surface area contributed by atoms with Crippen LogP contribution < -0.4 is 0 Å². The summed E-state index contributed by atoms with van der Waals surface area (Å²) in [7, 11) is 0. The maximum absolute atomic E-state index is 12.9. The maximum atomic E-state index is 12.9. The van der Waals surface area contributed by atoms with E-state index in [9.17, 15) is 18.0 Å². The first kappa shape index (κ1) is 9.57. The third kappa shape index (κ3) is 1.49. The number of rotatable bonds is 1. The molecule has 13 heavy (non-hydrogen) atoms. The smallest absolute Gasteiger partial charge is 0.341 e.